The Morgan fingerprint density at radius 1 is 1.18 bits per heavy atom. The minimum atomic E-state index is -0.430. The van der Waals surface area contributed by atoms with Crippen LogP contribution in [0, 0.1) is 6.92 Å². The molecule has 0 spiro atoms. The number of carbonyl (C=O) groups is 1. The molecule has 0 saturated heterocycles. The summed E-state index contributed by atoms with van der Waals surface area (Å²) in [6, 6.07) is 12.3. The van der Waals surface area contributed by atoms with E-state index in [1.807, 2.05) is 23.6 Å². The minimum absolute atomic E-state index is 0.103. The molecule has 0 fully saturated rings. The van der Waals surface area contributed by atoms with Crippen molar-refractivity contribution in [3.63, 3.8) is 0 Å². The largest absolute Gasteiger partial charge is 0.508 e. The topological polar surface area (TPSA) is 51.5 Å². The normalized spacial score (nSPS) is 10.9. The third kappa shape index (κ3) is 2.22. The maximum atomic E-state index is 12.1. The standard InChI is InChI=1S/C17H14ClNO3/c1-10-16(17(21)22-2)14-9-13(20)7-8-15(14)19(10)12-5-3-11(18)4-6-12/h3-9,20H,1-2H3. The van der Waals surface area contributed by atoms with Gasteiger partial charge in [-0.25, -0.2) is 4.79 Å². The van der Waals surface area contributed by atoms with Crippen molar-refractivity contribution >= 4 is 28.5 Å². The van der Waals surface area contributed by atoms with Crippen molar-refractivity contribution in [2.24, 2.45) is 0 Å². The fourth-order valence-corrected chi connectivity index (χ4v) is 2.82. The van der Waals surface area contributed by atoms with Gasteiger partial charge in [-0.2, -0.15) is 0 Å². The van der Waals surface area contributed by atoms with Crippen LogP contribution in [0.4, 0.5) is 0 Å². The highest BCUT2D eigenvalue weighted by atomic mass is 35.5. The van der Waals surface area contributed by atoms with Gasteiger partial charge < -0.3 is 14.4 Å². The first-order valence-corrected chi connectivity index (χ1v) is 7.09. The van der Waals surface area contributed by atoms with E-state index in [1.54, 1.807) is 30.3 Å². The number of phenolic OH excluding ortho intramolecular Hbond substituents is 1. The van der Waals surface area contributed by atoms with Gasteiger partial charge >= 0.3 is 5.97 Å². The molecule has 1 N–H and O–H groups in total. The lowest BCUT2D eigenvalue weighted by molar-refractivity contribution is 0.0602. The monoisotopic (exact) mass is 315 g/mol. The summed E-state index contributed by atoms with van der Waals surface area (Å²) in [6.45, 7) is 1.85. The van der Waals surface area contributed by atoms with Gasteiger partial charge in [-0.1, -0.05) is 11.6 Å². The highest BCUT2D eigenvalue weighted by molar-refractivity contribution is 6.30. The van der Waals surface area contributed by atoms with Crippen LogP contribution in [-0.4, -0.2) is 22.8 Å². The molecule has 3 aromatic rings. The van der Waals surface area contributed by atoms with Crippen LogP contribution in [-0.2, 0) is 4.74 Å². The van der Waals surface area contributed by atoms with Crippen molar-refractivity contribution < 1.29 is 14.6 Å². The van der Waals surface area contributed by atoms with E-state index in [4.69, 9.17) is 16.3 Å². The Morgan fingerprint density at radius 2 is 1.86 bits per heavy atom. The van der Waals surface area contributed by atoms with Gasteiger partial charge in [0.25, 0.3) is 0 Å². The van der Waals surface area contributed by atoms with Crippen LogP contribution in [0.15, 0.2) is 42.5 Å². The number of aromatic hydroxyl groups is 1. The Balaban J connectivity index is 2.37. The molecule has 0 aliphatic rings. The summed E-state index contributed by atoms with van der Waals surface area (Å²) in [6.07, 6.45) is 0. The van der Waals surface area contributed by atoms with E-state index in [1.165, 1.54) is 7.11 Å². The number of phenols is 1. The number of hydrogen-bond acceptors (Lipinski definition) is 3. The van der Waals surface area contributed by atoms with Gasteiger partial charge in [-0.15, -0.1) is 0 Å². The van der Waals surface area contributed by atoms with Crippen molar-refractivity contribution in [1.82, 2.24) is 4.57 Å². The summed E-state index contributed by atoms with van der Waals surface area (Å²) < 4.78 is 6.82. The van der Waals surface area contributed by atoms with Crippen LogP contribution in [0.25, 0.3) is 16.6 Å². The number of nitrogens with zero attached hydrogens (tertiary/aromatic N) is 1. The van der Waals surface area contributed by atoms with Crippen LogP contribution in [0.3, 0.4) is 0 Å². The summed E-state index contributed by atoms with van der Waals surface area (Å²) in [5, 5.41) is 11.0. The molecule has 0 unspecified atom stereocenters. The molecule has 5 heteroatoms. The fourth-order valence-electron chi connectivity index (χ4n) is 2.69. The molecule has 112 valence electrons. The highest BCUT2D eigenvalue weighted by Gasteiger charge is 2.21. The molecule has 0 aliphatic heterocycles. The number of halogens is 1. The molecule has 0 radical (unpaired) electrons. The maximum Gasteiger partial charge on any atom is 0.340 e. The van der Waals surface area contributed by atoms with Gasteiger partial charge in [0.15, 0.2) is 0 Å². The van der Waals surface area contributed by atoms with Crippen LogP contribution < -0.4 is 0 Å². The van der Waals surface area contributed by atoms with E-state index in [-0.39, 0.29) is 5.75 Å². The van der Waals surface area contributed by atoms with Crippen molar-refractivity contribution in [1.29, 1.82) is 0 Å². The Labute approximate surface area is 132 Å². The molecule has 0 aliphatic carbocycles. The van der Waals surface area contributed by atoms with E-state index in [2.05, 4.69) is 0 Å². The molecule has 0 saturated carbocycles. The van der Waals surface area contributed by atoms with E-state index >= 15 is 0 Å². The number of ether oxygens (including phenoxy) is 1. The zero-order valence-electron chi connectivity index (χ0n) is 12.1. The van der Waals surface area contributed by atoms with E-state index in [0.29, 0.717) is 16.0 Å². The molecule has 22 heavy (non-hydrogen) atoms. The summed E-state index contributed by atoms with van der Waals surface area (Å²) >= 11 is 5.94. The number of carbonyl (C=O) groups excluding carboxylic acids is 1. The molecular formula is C17H14ClNO3. The second-order valence-corrected chi connectivity index (χ2v) is 5.40. The molecule has 3 rings (SSSR count). The fraction of sp³-hybridized carbons (Fsp3) is 0.118. The Bertz CT molecular complexity index is 866. The lowest BCUT2D eigenvalue weighted by atomic mass is 10.1. The van der Waals surface area contributed by atoms with Gasteiger partial charge in [0, 0.05) is 21.8 Å². The van der Waals surface area contributed by atoms with Crippen LogP contribution in [0.5, 0.6) is 5.75 Å². The number of rotatable bonds is 2. The minimum Gasteiger partial charge on any atom is -0.508 e. The first kappa shape index (κ1) is 14.5. The Kier molecular flexibility index (Phi) is 3.54. The summed E-state index contributed by atoms with van der Waals surface area (Å²) in [4.78, 5) is 12.1. The number of hydrogen-bond donors (Lipinski definition) is 1. The second-order valence-electron chi connectivity index (χ2n) is 4.97. The Hall–Kier alpha value is -2.46. The van der Waals surface area contributed by atoms with E-state index in [0.717, 1.165) is 16.9 Å². The lowest BCUT2D eigenvalue weighted by Gasteiger charge is -2.08. The number of esters is 1. The summed E-state index contributed by atoms with van der Waals surface area (Å²) in [5.74, 6) is -0.327. The highest BCUT2D eigenvalue weighted by Crippen LogP contribution is 2.32. The molecular weight excluding hydrogens is 302 g/mol. The second kappa shape index (κ2) is 5.39. The molecule has 0 atom stereocenters. The van der Waals surface area contributed by atoms with Gasteiger partial charge in [0.2, 0.25) is 0 Å². The lowest BCUT2D eigenvalue weighted by Crippen LogP contribution is -2.04. The van der Waals surface area contributed by atoms with E-state index in [9.17, 15) is 9.90 Å². The number of benzene rings is 2. The number of aromatic nitrogens is 1. The molecule has 1 aromatic heterocycles. The van der Waals surface area contributed by atoms with Crippen LogP contribution in [0.2, 0.25) is 5.02 Å². The quantitative estimate of drug-likeness (QED) is 0.725. The van der Waals surface area contributed by atoms with Crippen LogP contribution in [0.1, 0.15) is 16.1 Å². The van der Waals surface area contributed by atoms with E-state index < -0.39 is 5.97 Å². The third-order valence-electron chi connectivity index (χ3n) is 3.66. The molecule has 0 bridgehead atoms. The molecule has 2 aromatic carbocycles. The van der Waals surface area contributed by atoms with Crippen LogP contribution >= 0.6 is 11.6 Å². The summed E-state index contributed by atoms with van der Waals surface area (Å²) in [7, 11) is 1.34. The first-order valence-electron chi connectivity index (χ1n) is 6.71. The van der Waals surface area contributed by atoms with Crippen molar-refractivity contribution in [3.8, 4) is 11.4 Å². The predicted molar refractivity (Wildman–Crippen MR) is 86.0 cm³/mol. The molecule has 4 nitrogen and oxygen atoms in total. The zero-order chi connectivity index (χ0) is 15.9. The summed E-state index contributed by atoms with van der Waals surface area (Å²) in [5.41, 5.74) is 2.89. The van der Waals surface area contributed by atoms with Gasteiger partial charge in [-0.3, -0.25) is 0 Å². The first-order chi connectivity index (χ1) is 10.5. The van der Waals surface area contributed by atoms with Gasteiger partial charge in [0.05, 0.1) is 18.2 Å². The average molecular weight is 316 g/mol. The third-order valence-corrected chi connectivity index (χ3v) is 3.91. The molecule has 0 amide bonds. The van der Waals surface area contributed by atoms with Gasteiger partial charge in [0.1, 0.15) is 5.75 Å². The van der Waals surface area contributed by atoms with Crippen molar-refractivity contribution in [3.05, 3.63) is 58.7 Å². The maximum absolute atomic E-state index is 12.1. The van der Waals surface area contributed by atoms with Crippen molar-refractivity contribution in [2.75, 3.05) is 7.11 Å². The Morgan fingerprint density at radius 3 is 2.50 bits per heavy atom. The average Bonchev–Trinajstić information content (AvgIpc) is 2.79. The molecule has 1 heterocycles. The smallest absolute Gasteiger partial charge is 0.340 e. The number of fused-ring (bicyclic) bond motifs is 1. The zero-order valence-corrected chi connectivity index (χ0v) is 12.9. The SMILES string of the molecule is COC(=O)c1c(C)n(-c2ccc(Cl)cc2)c2ccc(O)cc12. The predicted octanol–water partition coefficient (Wildman–Crippen LogP) is 4.08. The van der Waals surface area contributed by atoms with Crippen molar-refractivity contribution in [2.45, 2.75) is 6.92 Å². The number of methoxy groups -OCH3 is 1. The van der Waals surface area contributed by atoms with Gasteiger partial charge in [-0.05, 0) is 49.4 Å².